The summed E-state index contributed by atoms with van der Waals surface area (Å²) in [6, 6.07) is 16.6. The standard InChI is InChI=1S/C19H18N2O3/c1-12(17-11-14-4-2-3-5-16(14)24-17)19(23)21-15-8-6-13(7-9-15)10-18(20)22/h2-9,11-12H,10H2,1H3,(H2,20,22)(H,21,23)/t12-/m1/s1. The van der Waals surface area contributed by atoms with Crippen LogP contribution in [0.1, 0.15) is 24.2 Å². The molecule has 0 saturated carbocycles. The van der Waals surface area contributed by atoms with Gasteiger partial charge >= 0.3 is 0 Å². The van der Waals surface area contributed by atoms with Gasteiger partial charge in [-0.3, -0.25) is 9.59 Å². The van der Waals surface area contributed by atoms with Gasteiger partial charge in [-0.25, -0.2) is 0 Å². The van der Waals surface area contributed by atoms with Crippen molar-refractivity contribution in [1.82, 2.24) is 0 Å². The molecule has 0 aliphatic carbocycles. The summed E-state index contributed by atoms with van der Waals surface area (Å²) in [5.41, 5.74) is 7.40. The van der Waals surface area contributed by atoms with Gasteiger partial charge in [0.15, 0.2) is 0 Å². The molecule has 122 valence electrons. The number of fused-ring (bicyclic) bond motifs is 1. The SMILES string of the molecule is C[C@@H](C(=O)Nc1ccc(CC(N)=O)cc1)c1cc2ccccc2o1. The number of para-hydroxylation sites is 1. The number of anilines is 1. The Morgan fingerprint density at radius 3 is 2.50 bits per heavy atom. The van der Waals surface area contributed by atoms with E-state index in [1.54, 1.807) is 31.2 Å². The van der Waals surface area contributed by atoms with Crippen LogP contribution in [-0.4, -0.2) is 11.8 Å². The van der Waals surface area contributed by atoms with E-state index in [1.165, 1.54) is 0 Å². The normalized spacial score (nSPS) is 12.0. The van der Waals surface area contributed by atoms with Crippen molar-refractivity contribution in [3.05, 3.63) is 65.9 Å². The van der Waals surface area contributed by atoms with Crippen LogP contribution in [0.4, 0.5) is 5.69 Å². The first-order valence-electron chi connectivity index (χ1n) is 7.69. The van der Waals surface area contributed by atoms with E-state index in [2.05, 4.69) is 5.32 Å². The summed E-state index contributed by atoms with van der Waals surface area (Å²) in [5.74, 6) is -0.330. The molecule has 0 radical (unpaired) electrons. The van der Waals surface area contributed by atoms with Gasteiger partial charge in [0.25, 0.3) is 0 Å². The third-order valence-corrected chi connectivity index (χ3v) is 3.86. The molecule has 0 aliphatic heterocycles. The Balaban J connectivity index is 1.70. The summed E-state index contributed by atoms with van der Waals surface area (Å²) < 4.78 is 5.74. The van der Waals surface area contributed by atoms with Gasteiger partial charge < -0.3 is 15.5 Å². The fraction of sp³-hybridized carbons (Fsp3) is 0.158. The molecule has 0 spiro atoms. The largest absolute Gasteiger partial charge is 0.460 e. The highest BCUT2D eigenvalue weighted by Gasteiger charge is 2.19. The van der Waals surface area contributed by atoms with Crippen LogP contribution in [0, 0.1) is 0 Å². The summed E-state index contributed by atoms with van der Waals surface area (Å²) in [6.45, 7) is 1.80. The van der Waals surface area contributed by atoms with Crippen molar-refractivity contribution in [2.45, 2.75) is 19.3 Å². The van der Waals surface area contributed by atoms with Crippen molar-refractivity contribution in [2.24, 2.45) is 5.73 Å². The van der Waals surface area contributed by atoms with Crippen molar-refractivity contribution in [2.75, 3.05) is 5.32 Å². The van der Waals surface area contributed by atoms with Gasteiger partial charge in [0, 0.05) is 11.1 Å². The maximum atomic E-state index is 12.4. The lowest BCUT2D eigenvalue weighted by Crippen LogP contribution is -2.18. The van der Waals surface area contributed by atoms with Crippen molar-refractivity contribution in [3.63, 3.8) is 0 Å². The second-order valence-electron chi connectivity index (χ2n) is 5.74. The lowest BCUT2D eigenvalue weighted by Gasteiger charge is -2.10. The molecular formula is C19H18N2O3. The molecule has 5 nitrogen and oxygen atoms in total. The highest BCUT2D eigenvalue weighted by molar-refractivity contribution is 5.96. The predicted molar refractivity (Wildman–Crippen MR) is 92.6 cm³/mol. The van der Waals surface area contributed by atoms with Crippen molar-refractivity contribution in [1.29, 1.82) is 0 Å². The molecule has 24 heavy (non-hydrogen) atoms. The molecule has 5 heteroatoms. The Labute approximate surface area is 139 Å². The van der Waals surface area contributed by atoms with E-state index >= 15 is 0 Å². The summed E-state index contributed by atoms with van der Waals surface area (Å²) in [6.07, 6.45) is 0.184. The van der Waals surface area contributed by atoms with Crippen molar-refractivity contribution < 1.29 is 14.0 Å². The Kier molecular flexibility index (Phi) is 4.33. The maximum absolute atomic E-state index is 12.4. The van der Waals surface area contributed by atoms with E-state index in [9.17, 15) is 9.59 Å². The van der Waals surface area contributed by atoms with Gasteiger partial charge in [-0.15, -0.1) is 0 Å². The number of primary amides is 1. The molecule has 1 heterocycles. The topological polar surface area (TPSA) is 85.3 Å². The second-order valence-corrected chi connectivity index (χ2v) is 5.74. The average molecular weight is 322 g/mol. The van der Waals surface area contributed by atoms with Gasteiger partial charge in [0.2, 0.25) is 11.8 Å². The van der Waals surface area contributed by atoms with E-state index in [1.807, 2.05) is 30.3 Å². The van der Waals surface area contributed by atoms with Crippen molar-refractivity contribution >= 4 is 28.5 Å². The molecule has 0 bridgehead atoms. The smallest absolute Gasteiger partial charge is 0.234 e. The number of nitrogens with two attached hydrogens (primary N) is 1. The number of amides is 2. The van der Waals surface area contributed by atoms with E-state index in [0.29, 0.717) is 11.4 Å². The first-order valence-corrected chi connectivity index (χ1v) is 7.69. The van der Waals surface area contributed by atoms with Crippen LogP contribution in [0.3, 0.4) is 0 Å². The van der Waals surface area contributed by atoms with E-state index in [4.69, 9.17) is 10.2 Å². The van der Waals surface area contributed by atoms with E-state index in [0.717, 1.165) is 16.5 Å². The lowest BCUT2D eigenvalue weighted by molar-refractivity contribution is -0.118. The number of carbonyl (C=O) groups is 2. The Morgan fingerprint density at radius 2 is 1.83 bits per heavy atom. The number of hydrogen-bond acceptors (Lipinski definition) is 3. The van der Waals surface area contributed by atoms with Crippen LogP contribution in [0.25, 0.3) is 11.0 Å². The predicted octanol–water partition coefficient (Wildman–Crippen LogP) is 3.20. The third kappa shape index (κ3) is 3.46. The van der Waals surface area contributed by atoms with Crippen LogP contribution in [-0.2, 0) is 16.0 Å². The van der Waals surface area contributed by atoms with Crippen LogP contribution >= 0.6 is 0 Å². The quantitative estimate of drug-likeness (QED) is 0.756. The molecule has 3 rings (SSSR count). The fourth-order valence-corrected chi connectivity index (χ4v) is 2.50. The summed E-state index contributed by atoms with van der Waals surface area (Å²) in [7, 11) is 0. The molecule has 0 saturated heterocycles. The monoisotopic (exact) mass is 322 g/mol. The third-order valence-electron chi connectivity index (χ3n) is 3.86. The second kappa shape index (κ2) is 6.58. The Morgan fingerprint density at radius 1 is 1.12 bits per heavy atom. The van der Waals surface area contributed by atoms with Crippen LogP contribution in [0.15, 0.2) is 59.0 Å². The first-order chi connectivity index (χ1) is 11.5. The Hall–Kier alpha value is -3.08. The van der Waals surface area contributed by atoms with Crippen LogP contribution < -0.4 is 11.1 Å². The van der Waals surface area contributed by atoms with Gasteiger partial charge in [-0.05, 0) is 36.8 Å². The van der Waals surface area contributed by atoms with Crippen LogP contribution in [0.2, 0.25) is 0 Å². The molecule has 1 aromatic heterocycles. The summed E-state index contributed by atoms with van der Waals surface area (Å²) >= 11 is 0. The zero-order valence-corrected chi connectivity index (χ0v) is 13.3. The molecular weight excluding hydrogens is 304 g/mol. The molecule has 1 atom stereocenters. The molecule has 0 fully saturated rings. The number of benzene rings is 2. The fourth-order valence-electron chi connectivity index (χ4n) is 2.50. The minimum Gasteiger partial charge on any atom is -0.460 e. The molecule has 3 N–H and O–H groups in total. The minimum atomic E-state index is -0.414. The molecule has 3 aromatic rings. The average Bonchev–Trinajstić information content (AvgIpc) is 2.99. The van der Waals surface area contributed by atoms with Crippen LogP contribution in [0.5, 0.6) is 0 Å². The maximum Gasteiger partial charge on any atom is 0.234 e. The van der Waals surface area contributed by atoms with Gasteiger partial charge in [-0.1, -0.05) is 30.3 Å². The van der Waals surface area contributed by atoms with Crippen molar-refractivity contribution in [3.8, 4) is 0 Å². The zero-order valence-electron chi connectivity index (χ0n) is 13.3. The highest BCUT2D eigenvalue weighted by Crippen LogP contribution is 2.26. The summed E-state index contributed by atoms with van der Waals surface area (Å²) in [5, 5.41) is 3.82. The van der Waals surface area contributed by atoms with E-state index < -0.39 is 5.92 Å². The highest BCUT2D eigenvalue weighted by atomic mass is 16.3. The molecule has 0 unspecified atom stereocenters. The number of hydrogen-bond donors (Lipinski definition) is 2. The Bertz CT molecular complexity index is 848. The number of rotatable bonds is 5. The molecule has 0 aliphatic rings. The molecule has 2 aromatic carbocycles. The summed E-state index contributed by atoms with van der Waals surface area (Å²) in [4.78, 5) is 23.3. The lowest BCUT2D eigenvalue weighted by atomic mass is 10.1. The van der Waals surface area contributed by atoms with Gasteiger partial charge in [0.05, 0.1) is 12.3 Å². The zero-order chi connectivity index (χ0) is 17.1. The number of carbonyl (C=O) groups excluding carboxylic acids is 2. The number of nitrogens with one attached hydrogen (secondary N) is 1. The van der Waals surface area contributed by atoms with E-state index in [-0.39, 0.29) is 18.2 Å². The first kappa shape index (κ1) is 15.8. The van der Waals surface area contributed by atoms with Gasteiger partial charge in [-0.2, -0.15) is 0 Å². The van der Waals surface area contributed by atoms with Gasteiger partial charge in [0.1, 0.15) is 11.3 Å². The molecule has 2 amide bonds. The minimum absolute atomic E-state index is 0.156. The number of furan rings is 1.